The second-order valence-corrected chi connectivity index (χ2v) is 4.71. The lowest BCUT2D eigenvalue weighted by atomic mass is 9.98. The van der Waals surface area contributed by atoms with E-state index in [0.29, 0.717) is 6.42 Å². The summed E-state index contributed by atoms with van der Waals surface area (Å²) in [7, 11) is 1.71. The van der Waals surface area contributed by atoms with Crippen molar-refractivity contribution in [1.29, 1.82) is 0 Å². The molecule has 96 valence electrons. The van der Waals surface area contributed by atoms with Crippen LogP contribution < -0.4 is 10.6 Å². The molecule has 1 aliphatic rings. The molecule has 5 heteroatoms. The number of carbonyl (C=O) groups excluding carboxylic acids is 1. The van der Waals surface area contributed by atoms with Crippen molar-refractivity contribution in [3.05, 3.63) is 28.8 Å². The summed E-state index contributed by atoms with van der Waals surface area (Å²) >= 11 is 0. The summed E-state index contributed by atoms with van der Waals surface area (Å²) in [6, 6.07) is 2.92. The second kappa shape index (κ2) is 4.42. The summed E-state index contributed by atoms with van der Waals surface area (Å²) in [5, 5.41) is 8.87. The van der Waals surface area contributed by atoms with E-state index in [0.717, 1.165) is 22.4 Å². The number of hydrogen-bond acceptors (Lipinski definition) is 3. The summed E-state index contributed by atoms with van der Waals surface area (Å²) in [5.74, 6) is -1.00. The third-order valence-electron chi connectivity index (χ3n) is 3.22. The maximum atomic E-state index is 11.7. The van der Waals surface area contributed by atoms with Gasteiger partial charge in [0.2, 0.25) is 5.91 Å². The van der Waals surface area contributed by atoms with Crippen LogP contribution in [0, 0.1) is 6.92 Å². The van der Waals surface area contributed by atoms with E-state index in [2.05, 4.69) is 0 Å². The first-order valence-corrected chi connectivity index (χ1v) is 5.77. The van der Waals surface area contributed by atoms with Crippen molar-refractivity contribution in [1.82, 2.24) is 0 Å². The highest BCUT2D eigenvalue weighted by Gasteiger charge is 2.28. The van der Waals surface area contributed by atoms with Crippen molar-refractivity contribution in [2.75, 3.05) is 11.9 Å². The Hall–Kier alpha value is -1.88. The Morgan fingerprint density at radius 2 is 2.22 bits per heavy atom. The van der Waals surface area contributed by atoms with Gasteiger partial charge >= 0.3 is 5.97 Å². The molecule has 1 atom stereocenters. The number of carbonyl (C=O) groups is 2. The molecule has 0 saturated heterocycles. The number of anilines is 1. The number of nitrogens with two attached hydrogens (primary N) is 1. The van der Waals surface area contributed by atoms with Gasteiger partial charge in [-0.3, -0.25) is 9.59 Å². The predicted molar refractivity (Wildman–Crippen MR) is 67.6 cm³/mol. The van der Waals surface area contributed by atoms with Gasteiger partial charge < -0.3 is 15.7 Å². The third-order valence-corrected chi connectivity index (χ3v) is 3.22. The fourth-order valence-corrected chi connectivity index (χ4v) is 2.39. The Bertz CT molecular complexity index is 525. The zero-order valence-electron chi connectivity index (χ0n) is 10.4. The highest BCUT2D eigenvalue weighted by atomic mass is 16.4. The number of aryl methyl sites for hydroxylation is 1. The van der Waals surface area contributed by atoms with E-state index < -0.39 is 12.0 Å². The molecule has 3 N–H and O–H groups in total. The second-order valence-electron chi connectivity index (χ2n) is 4.71. The number of hydrogen-bond donors (Lipinski definition) is 2. The van der Waals surface area contributed by atoms with E-state index in [-0.39, 0.29) is 12.3 Å². The number of benzene rings is 1. The van der Waals surface area contributed by atoms with Crippen molar-refractivity contribution >= 4 is 17.6 Å². The van der Waals surface area contributed by atoms with Gasteiger partial charge in [-0.2, -0.15) is 0 Å². The van der Waals surface area contributed by atoms with Crippen LogP contribution in [0.3, 0.4) is 0 Å². The van der Waals surface area contributed by atoms with Gasteiger partial charge in [0.05, 0.1) is 12.1 Å². The SMILES string of the molecule is Cc1cc2c(c(CC(N)C(=O)O)c1)N(C)C(=O)C2. The molecule has 18 heavy (non-hydrogen) atoms. The van der Waals surface area contributed by atoms with E-state index in [4.69, 9.17) is 10.8 Å². The number of aliphatic carboxylic acids is 1. The van der Waals surface area contributed by atoms with Crippen LogP contribution in [0.1, 0.15) is 16.7 Å². The molecular weight excluding hydrogens is 232 g/mol. The van der Waals surface area contributed by atoms with Crippen LogP contribution in [-0.4, -0.2) is 30.1 Å². The van der Waals surface area contributed by atoms with Crippen LogP contribution in [0.5, 0.6) is 0 Å². The fraction of sp³-hybridized carbons (Fsp3) is 0.385. The number of amides is 1. The van der Waals surface area contributed by atoms with Gasteiger partial charge in [0.25, 0.3) is 0 Å². The minimum Gasteiger partial charge on any atom is -0.480 e. The van der Waals surface area contributed by atoms with Gasteiger partial charge in [-0.05, 0) is 18.1 Å². The van der Waals surface area contributed by atoms with Gasteiger partial charge in [0.15, 0.2) is 0 Å². The first-order valence-electron chi connectivity index (χ1n) is 5.77. The van der Waals surface area contributed by atoms with Crippen molar-refractivity contribution in [3.63, 3.8) is 0 Å². The number of likely N-dealkylation sites (N-methyl/N-ethyl adjacent to an activating group) is 1. The molecule has 1 aliphatic heterocycles. The van der Waals surface area contributed by atoms with E-state index >= 15 is 0 Å². The number of rotatable bonds is 3. The van der Waals surface area contributed by atoms with E-state index in [1.165, 1.54) is 0 Å². The molecule has 1 heterocycles. The molecule has 2 rings (SSSR count). The average molecular weight is 248 g/mol. The van der Waals surface area contributed by atoms with Gasteiger partial charge in [-0.15, -0.1) is 0 Å². The Balaban J connectivity index is 2.43. The minimum atomic E-state index is -1.03. The fourth-order valence-electron chi connectivity index (χ4n) is 2.39. The largest absolute Gasteiger partial charge is 0.480 e. The highest BCUT2D eigenvalue weighted by molar-refractivity contribution is 6.02. The van der Waals surface area contributed by atoms with Gasteiger partial charge in [-0.25, -0.2) is 0 Å². The molecule has 0 aliphatic carbocycles. The molecular formula is C13H16N2O3. The maximum Gasteiger partial charge on any atom is 0.320 e. The first kappa shape index (κ1) is 12.6. The first-order chi connectivity index (χ1) is 8.40. The topological polar surface area (TPSA) is 83.6 Å². The molecule has 5 nitrogen and oxygen atoms in total. The lowest BCUT2D eigenvalue weighted by Gasteiger charge is -2.17. The van der Waals surface area contributed by atoms with Crippen molar-refractivity contribution in [2.24, 2.45) is 5.73 Å². The molecule has 0 radical (unpaired) electrons. The monoisotopic (exact) mass is 248 g/mol. The van der Waals surface area contributed by atoms with Crippen molar-refractivity contribution in [3.8, 4) is 0 Å². The molecule has 0 spiro atoms. The summed E-state index contributed by atoms with van der Waals surface area (Å²) < 4.78 is 0. The van der Waals surface area contributed by atoms with Gasteiger partial charge in [-0.1, -0.05) is 17.7 Å². The highest BCUT2D eigenvalue weighted by Crippen LogP contribution is 2.33. The van der Waals surface area contributed by atoms with Crippen LogP contribution in [0.25, 0.3) is 0 Å². The van der Waals surface area contributed by atoms with E-state index in [1.807, 2.05) is 19.1 Å². The Labute approximate surface area is 105 Å². The summed E-state index contributed by atoms with van der Waals surface area (Å²) in [6.07, 6.45) is 0.611. The summed E-state index contributed by atoms with van der Waals surface area (Å²) in [5.41, 5.74) is 9.19. The van der Waals surface area contributed by atoms with Crippen LogP contribution in [0.2, 0.25) is 0 Å². The van der Waals surface area contributed by atoms with Crippen LogP contribution in [0.4, 0.5) is 5.69 Å². The summed E-state index contributed by atoms with van der Waals surface area (Å²) in [4.78, 5) is 24.1. The Kier molecular flexibility index (Phi) is 3.09. The Morgan fingerprint density at radius 1 is 1.56 bits per heavy atom. The lowest BCUT2D eigenvalue weighted by Crippen LogP contribution is -2.33. The van der Waals surface area contributed by atoms with Crippen LogP contribution in [-0.2, 0) is 22.4 Å². The smallest absolute Gasteiger partial charge is 0.320 e. The molecule has 1 aromatic rings. The molecule has 0 aromatic heterocycles. The van der Waals surface area contributed by atoms with Gasteiger partial charge in [0.1, 0.15) is 6.04 Å². The minimum absolute atomic E-state index is 0.0285. The van der Waals surface area contributed by atoms with Crippen LogP contribution >= 0.6 is 0 Å². The van der Waals surface area contributed by atoms with Gasteiger partial charge in [0, 0.05) is 13.5 Å². The number of nitrogens with zero attached hydrogens (tertiary/aromatic N) is 1. The zero-order valence-corrected chi connectivity index (χ0v) is 10.4. The standard InChI is InChI=1S/C13H16N2O3/c1-7-3-8(5-10(14)13(17)18)12-9(4-7)6-11(16)15(12)2/h3-4,10H,5-6,14H2,1-2H3,(H,17,18). The number of fused-ring (bicyclic) bond motifs is 1. The van der Waals surface area contributed by atoms with E-state index in [1.54, 1.807) is 11.9 Å². The molecule has 0 bridgehead atoms. The van der Waals surface area contributed by atoms with Crippen LogP contribution in [0.15, 0.2) is 12.1 Å². The molecule has 0 fully saturated rings. The zero-order chi connectivity index (χ0) is 13.4. The summed E-state index contributed by atoms with van der Waals surface area (Å²) in [6.45, 7) is 1.93. The number of carboxylic acids is 1. The Morgan fingerprint density at radius 3 is 2.83 bits per heavy atom. The molecule has 1 unspecified atom stereocenters. The van der Waals surface area contributed by atoms with E-state index in [9.17, 15) is 9.59 Å². The van der Waals surface area contributed by atoms with Crippen molar-refractivity contribution in [2.45, 2.75) is 25.8 Å². The molecule has 0 saturated carbocycles. The quantitative estimate of drug-likeness (QED) is 0.814. The normalized spacial score (nSPS) is 15.7. The van der Waals surface area contributed by atoms with Crippen molar-refractivity contribution < 1.29 is 14.7 Å². The average Bonchev–Trinajstić information content (AvgIpc) is 2.54. The predicted octanol–water partition coefficient (Wildman–Crippen LogP) is 0.468. The molecule has 1 aromatic carbocycles. The number of carboxylic acid groups (broad SMARTS) is 1. The third kappa shape index (κ3) is 2.09. The maximum absolute atomic E-state index is 11.7. The molecule has 1 amide bonds. The lowest BCUT2D eigenvalue weighted by molar-refractivity contribution is -0.138.